The van der Waals surface area contributed by atoms with Gasteiger partial charge in [0.15, 0.2) is 0 Å². The summed E-state index contributed by atoms with van der Waals surface area (Å²) in [6.45, 7) is 4.30. The highest BCUT2D eigenvalue weighted by atomic mass is 16.5. The lowest BCUT2D eigenvalue weighted by Gasteiger charge is -2.28. The fraction of sp³-hybridized carbons (Fsp3) is 0.259. The molecule has 0 aliphatic carbocycles. The van der Waals surface area contributed by atoms with Gasteiger partial charge in [-0.25, -0.2) is 0 Å². The molecule has 1 unspecified atom stereocenters. The van der Waals surface area contributed by atoms with Crippen LogP contribution in [0.3, 0.4) is 0 Å². The van der Waals surface area contributed by atoms with Crippen molar-refractivity contribution in [3.63, 3.8) is 0 Å². The Morgan fingerprint density at radius 2 is 1.61 bits per heavy atom. The molecule has 142 valence electrons. The molecule has 28 heavy (non-hydrogen) atoms. The van der Waals surface area contributed by atoms with Crippen LogP contribution in [0.25, 0.3) is 0 Å². The zero-order chi connectivity index (χ0) is 19.8. The number of benzene rings is 3. The average Bonchev–Trinajstić information content (AvgIpc) is 2.73. The van der Waals surface area contributed by atoms with Gasteiger partial charge in [0.1, 0.15) is 11.5 Å². The summed E-state index contributed by atoms with van der Waals surface area (Å²) in [4.78, 5) is 0. The molecule has 0 fully saturated rings. The summed E-state index contributed by atoms with van der Waals surface area (Å²) >= 11 is 0. The fourth-order valence-electron chi connectivity index (χ4n) is 3.64. The van der Waals surface area contributed by atoms with Gasteiger partial charge in [-0.05, 0) is 68.0 Å². The normalized spacial score (nSPS) is 12.8. The monoisotopic (exact) mass is 368 g/mol. The smallest absolute Gasteiger partial charge is 0.127 e. The number of hydrogen-bond donors (Lipinski definition) is 0. The third-order valence-corrected chi connectivity index (χ3v) is 5.43. The van der Waals surface area contributed by atoms with Crippen molar-refractivity contribution < 1.29 is 4.74 Å². The third-order valence-electron chi connectivity index (χ3n) is 5.43. The Balaban J connectivity index is 1.65. The molecule has 0 amide bonds. The summed E-state index contributed by atoms with van der Waals surface area (Å²) in [5, 5.41) is 0. The molecular formula is C27H28O. The first-order valence-electron chi connectivity index (χ1n) is 10.0. The average molecular weight is 369 g/mol. The highest BCUT2D eigenvalue weighted by molar-refractivity contribution is 5.37. The fourth-order valence-corrected chi connectivity index (χ4v) is 3.64. The standard InChI is InChI=1S/C27H28O/c1-4-27(5-2,24-18-16-22(3)17-19-24)20-10-12-23-11-9-15-26(21-23)28-25-13-7-6-8-14-25/h1,6-9,11,13-19,21H,5,10,12,20H2,2-3H3. The van der Waals surface area contributed by atoms with Crippen molar-refractivity contribution in [3.05, 3.63) is 95.6 Å². The van der Waals surface area contributed by atoms with Gasteiger partial charge < -0.3 is 4.74 Å². The van der Waals surface area contributed by atoms with E-state index in [0.29, 0.717) is 0 Å². The van der Waals surface area contributed by atoms with E-state index < -0.39 is 0 Å². The molecule has 1 heteroatoms. The summed E-state index contributed by atoms with van der Waals surface area (Å²) < 4.78 is 5.96. The molecule has 3 aromatic carbocycles. The second-order valence-electron chi connectivity index (χ2n) is 7.36. The molecule has 3 aromatic rings. The van der Waals surface area contributed by atoms with Crippen LogP contribution in [0.15, 0.2) is 78.9 Å². The zero-order valence-corrected chi connectivity index (χ0v) is 16.8. The van der Waals surface area contributed by atoms with Crippen molar-refractivity contribution in [3.8, 4) is 23.8 Å². The molecule has 3 rings (SSSR count). The molecule has 0 N–H and O–H groups in total. The van der Waals surface area contributed by atoms with E-state index in [-0.39, 0.29) is 5.41 Å². The Morgan fingerprint density at radius 3 is 2.29 bits per heavy atom. The summed E-state index contributed by atoms with van der Waals surface area (Å²) in [6.07, 6.45) is 9.96. The highest BCUT2D eigenvalue weighted by Gasteiger charge is 2.27. The van der Waals surface area contributed by atoms with Crippen molar-refractivity contribution in [2.45, 2.75) is 44.9 Å². The Morgan fingerprint density at radius 1 is 0.893 bits per heavy atom. The largest absolute Gasteiger partial charge is 0.457 e. The number of para-hydroxylation sites is 1. The van der Waals surface area contributed by atoms with Gasteiger partial charge in [-0.15, -0.1) is 6.42 Å². The predicted octanol–water partition coefficient (Wildman–Crippen LogP) is 7.09. The quantitative estimate of drug-likeness (QED) is 0.386. The van der Waals surface area contributed by atoms with Gasteiger partial charge in [0.25, 0.3) is 0 Å². The van der Waals surface area contributed by atoms with Crippen LogP contribution in [0.5, 0.6) is 11.5 Å². The highest BCUT2D eigenvalue weighted by Crippen LogP contribution is 2.33. The van der Waals surface area contributed by atoms with Gasteiger partial charge in [-0.1, -0.05) is 73.0 Å². The summed E-state index contributed by atoms with van der Waals surface area (Å²) in [5.41, 5.74) is 3.61. The maximum Gasteiger partial charge on any atom is 0.127 e. The molecule has 1 atom stereocenters. The minimum absolute atomic E-state index is 0.189. The van der Waals surface area contributed by atoms with Crippen LogP contribution < -0.4 is 4.74 Å². The second-order valence-corrected chi connectivity index (χ2v) is 7.36. The Kier molecular flexibility index (Phi) is 6.56. The van der Waals surface area contributed by atoms with Crippen LogP contribution in [0.4, 0.5) is 0 Å². The molecule has 0 spiro atoms. The molecule has 0 aromatic heterocycles. The van der Waals surface area contributed by atoms with E-state index in [0.717, 1.165) is 37.2 Å². The van der Waals surface area contributed by atoms with Crippen molar-refractivity contribution in [2.24, 2.45) is 0 Å². The van der Waals surface area contributed by atoms with Crippen LogP contribution >= 0.6 is 0 Å². The molecule has 0 aliphatic rings. The Hall–Kier alpha value is -2.98. The van der Waals surface area contributed by atoms with Crippen molar-refractivity contribution in [2.75, 3.05) is 0 Å². The Labute approximate surface area is 169 Å². The summed E-state index contributed by atoms with van der Waals surface area (Å²) in [6, 6.07) is 26.9. The van der Waals surface area contributed by atoms with E-state index in [1.807, 2.05) is 36.4 Å². The van der Waals surface area contributed by atoms with Crippen LogP contribution in [0.2, 0.25) is 0 Å². The van der Waals surface area contributed by atoms with Gasteiger partial charge in [0.2, 0.25) is 0 Å². The van der Waals surface area contributed by atoms with E-state index >= 15 is 0 Å². The number of hydrogen-bond acceptors (Lipinski definition) is 1. The molecule has 1 nitrogen and oxygen atoms in total. The SMILES string of the molecule is C#CC(CC)(CCCc1cccc(Oc2ccccc2)c1)c1ccc(C)cc1. The van der Waals surface area contributed by atoms with Gasteiger partial charge in [-0.3, -0.25) is 0 Å². The maximum atomic E-state index is 6.01. The molecule has 0 radical (unpaired) electrons. The van der Waals surface area contributed by atoms with E-state index in [4.69, 9.17) is 11.2 Å². The molecule has 0 aliphatic heterocycles. The third kappa shape index (κ3) is 4.84. The lowest BCUT2D eigenvalue weighted by atomic mass is 9.74. The van der Waals surface area contributed by atoms with Crippen LogP contribution in [-0.2, 0) is 11.8 Å². The van der Waals surface area contributed by atoms with E-state index in [2.05, 4.69) is 62.2 Å². The minimum Gasteiger partial charge on any atom is -0.457 e. The molecule has 0 heterocycles. The van der Waals surface area contributed by atoms with Crippen molar-refractivity contribution in [1.82, 2.24) is 0 Å². The van der Waals surface area contributed by atoms with Crippen LogP contribution in [-0.4, -0.2) is 0 Å². The van der Waals surface area contributed by atoms with E-state index in [1.54, 1.807) is 0 Å². The zero-order valence-electron chi connectivity index (χ0n) is 16.8. The molecule has 0 saturated carbocycles. The number of aryl methyl sites for hydroxylation is 2. The van der Waals surface area contributed by atoms with Crippen LogP contribution in [0, 0.1) is 19.3 Å². The number of terminal acetylenes is 1. The minimum atomic E-state index is -0.189. The number of rotatable bonds is 8. The van der Waals surface area contributed by atoms with Crippen molar-refractivity contribution in [1.29, 1.82) is 0 Å². The predicted molar refractivity (Wildman–Crippen MR) is 118 cm³/mol. The van der Waals surface area contributed by atoms with Gasteiger partial charge in [0.05, 0.1) is 5.41 Å². The maximum absolute atomic E-state index is 6.01. The molecule has 0 saturated heterocycles. The first-order chi connectivity index (χ1) is 13.6. The first-order valence-corrected chi connectivity index (χ1v) is 10.0. The molecular weight excluding hydrogens is 340 g/mol. The summed E-state index contributed by atoms with van der Waals surface area (Å²) in [7, 11) is 0. The van der Waals surface area contributed by atoms with E-state index in [1.165, 1.54) is 16.7 Å². The van der Waals surface area contributed by atoms with Gasteiger partial charge in [-0.2, -0.15) is 0 Å². The molecule has 0 bridgehead atoms. The van der Waals surface area contributed by atoms with Gasteiger partial charge in [0, 0.05) is 0 Å². The topological polar surface area (TPSA) is 9.23 Å². The van der Waals surface area contributed by atoms with Crippen LogP contribution in [0.1, 0.15) is 42.9 Å². The Bertz CT molecular complexity index is 918. The van der Waals surface area contributed by atoms with E-state index in [9.17, 15) is 0 Å². The second kappa shape index (κ2) is 9.29. The summed E-state index contributed by atoms with van der Waals surface area (Å²) in [5.74, 6) is 4.84. The number of ether oxygens (including phenoxy) is 1. The lowest BCUT2D eigenvalue weighted by molar-refractivity contribution is 0.471. The van der Waals surface area contributed by atoms with Gasteiger partial charge >= 0.3 is 0 Å². The lowest BCUT2D eigenvalue weighted by Crippen LogP contribution is -2.23. The van der Waals surface area contributed by atoms with Crippen molar-refractivity contribution >= 4 is 0 Å². The first kappa shape index (κ1) is 19.8.